The van der Waals surface area contributed by atoms with Gasteiger partial charge in [-0.25, -0.2) is 14.8 Å². The van der Waals surface area contributed by atoms with Gasteiger partial charge in [-0.15, -0.1) is 0 Å². The fourth-order valence-electron chi connectivity index (χ4n) is 5.57. The van der Waals surface area contributed by atoms with Gasteiger partial charge in [0.2, 0.25) is 0 Å². The summed E-state index contributed by atoms with van der Waals surface area (Å²) in [4.78, 5) is 30.4. The molecular formula is C35H44N6O2. The molecule has 2 saturated heterocycles. The maximum Gasteiger partial charge on any atom is 0.410 e. The lowest BCUT2D eigenvalue weighted by atomic mass is 10.0. The lowest BCUT2D eigenvalue weighted by Crippen LogP contribution is -2.36. The number of nitrogens with one attached hydrogen (secondary N) is 3. The Morgan fingerprint density at radius 3 is 2.51 bits per heavy atom. The van der Waals surface area contributed by atoms with Crippen molar-refractivity contribution in [1.82, 2.24) is 30.2 Å². The Morgan fingerprint density at radius 1 is 1.02 bits per heavy atom. The van der Waals surface area contributed by atoms with Gasteiger partial charge in [-0.05, 0) is 87.4 Å². The summed E-state index contributed by atoms with van der Waals surface area (Å²) in [5, 5.41) is 5.82. The van der Waals surface area contributed by atoms with Gasteiger partial charge < -0.3 is 20.0 Å². The van der Waals surface area contributed by atoms with Crippen LogP contribution < -0.4 is 5.32 Å². The molecule has 43 heavy (non-hydrogen) atoms. The number of carbonyl (C=O) groups is 1. The lowest BCUT2D eigenvalue weighted by molar-refractivity contribution is 0.0218. The molecule has 3 N–H and O–H groups in total. The molecule has 2 aliphatic heterocycles. The van der Waals surface area contributed by atoms with Crippen LogP contribution in [0.3, 0.4) is 0 Å². The van der Waals surface area contributed by atoms with Gasteiger partial charge in [0, 0.05) is 17.7 Å². The third-order valence-corrected chi connectivity index (χ3v) is 7.56. The van der Waals surface area contributed by atoms with Crippen molar-refractivity contribution in [3.8, 4) is 23.1 Å². The Labute approximate surface area is 255 Å². The number of benzene rings is 2. The molecule has 0 saturated carbocycles. The molecule has 2 fully saturated rings. The van der Waals surface area contributed by atoms with Crippen LogP contribution in [0, 0.1) is 17.8 Å². The highest BCUT2D eigenvalue weighted by Crippen LogP contribution is 2.32. The molecule has 0 radical (unpaired) electrons. The zero-order valence-electron chi connectivity index (χ0n) is 26.3. The number of rotatable bonds is 3. The number of fused-ring (bicyclic) bond motifs is 1. The normalized spacial score (nSPS) is 20.0. The van der Waals surface area contributed by atoms with Crippen molar-refractivity contribution in [2.24, 2.45) is 5.92 Å². The predicted octanol–water partition coefficient (Wildman–Crippen LogP) is 7.51. The highest BCUT2D eigenvalue weighted by Gasteiger charge is 2.34. The third kappa shape index (κ3) is 7.47. The molecule has 0 bridgehead atoms. The molecule has 3 atom stereocenters. The zero-order valence-corrected chi connectivity index (χ0v) is 26.3. The van der Waals surface area contributed by atoms with E-state index in [4.69, 9.17) is 4.74 Å². The van der Waals surface area contributed by atoms with Crippen LogP contribution in [0.5, 0.6) is 0 Å². The number of aromatic amines is 2. The highest BCUT2D eigenvalue weighted by atomic mass is 16.6. The first kappa shape index (κ1) is 30.4. The molecule has 2 aliphatic rings. The molecule has 0 aliphatic carbocycles. The average molecular weight is 581 g/mol. The Bertz CT molecular complexity index is 1620. The van der Waals surface area contributed by atoms with Crippen molar-refractivity contribution in [2.45, 2.75) is 84.9 Å². The monoisotopic (exact) mass is 580 g/mol. The SMILES string of the molecule is CCC.C[C@@H]1CN[C@H](c2ncc(-c3ccc4cc(C#Cc5cnc([C@@H]6CCCN6C(=O)OC(C)(C)C)[nH]5)ccc4c3)[nH]2)C1. The van der Waals surface area contributed by atoms with E-state index in [1.54, 1.807) is 11.1 Å². The second-order valence-corrected chi connectivity index (χ2v) is 12.7. The van der Waals surface area contributed by atoms with Gasteiger partial charge in [-0.3, -0.25) is 4.90 Å². The van der Waals surface area contributed by atoms with E-state index in [0.717, 1.165) is 70.7 Å². The molecule has 0 unspecified atom stereocenters. The van der Waals surface area contributed by atoms with Crippen molar-refractivity contribution in [2.75, 3.05) is 13.1 Å². The van der Waals surface area contributed by atoms with Crippen LogP contribution in [0.4, 0.5) is 4.79 Å². The molecule has 4 heterocycles. The van der Waals surface area contributed by atoms with E-state index in [1.807, 2.05) is 33.0 Å². The second kappa shape index (κ2) is 13.0. The third-order valence-electron chi connectivity index (χ3n) is 7.56. The fraction of sp³-hybridized carbons (Fsp3) is 0.457. The molecule has 4 aromatic rings. The zero-order chi connectivity index (χ0) is 30.6. The minimum absolute atomic E-state index is 0.121. The van der Waals surface area contributed by atoms with Gasteiger partial charge >= 0.3 is 6.09 Å². The Kier molecular flexibility index (Phi) is 9.22. The van der Waals surface area contributed by atoms with Crippen LogP contribution in [0.1, 0.15) is 102 Å². The van der Waals surface area contributed by atoms with Crippen LogP contribution >= 0.6 is 0 Å². The van der Waals surface area contributed by atoms with Crippen LogP contribution in [0.2, 0.25) is 0 Å². The van der Waals surface area contributed by atoms with E-state index in [1.165, 1.54) is 6.42 Å². The number of imidazole rings is 2. The predicted molar refractivity (Wildman–Crippen MR) is 172 cm³/mol. The van der Waals surface area contributed by atoms with E-state index in [9.17, 15) is 4.79 Å². The van der Waals surface area contributed by atoms with Crippen LogP contribution in [-0.4, -0.2) is 49.6 Å². The number of hydrogen-bond acceptors (Lipinski definition) is 5. The molecular weight excluding hydrogens is 536 g/mol. The van der Waals surface area contributed by atoms with Gasteiger partial charge in [-0.2, -0.15) is 0 Å². The first-order chi connectivity index (χ1) is 20.6. The van der Waals surface area contributed by atoms with E-state index >= 15 is 0 Å². The highest BCUT2D eigenvalue weighted by molar-refractivity contribution is 5.88. The fourth-order valence-corrected chi connectivity index (χ4v) is 5.57. The quantitative estimate of drug-likeness (QED) is 0.218. The summed E-state index contributed by atoms with van der Waals surface area (Å²) in [6, 6.07) is 12.9. The van der Waals surface area contributed by atoms with E-state index in [-0.39, 0.29) is 12.1 Å². The number of carbonyl (C=O) groups excluding carboxylic acids is 1. The number of amides is 1. The molecule has 0 spiro atoms. The first-order valence-electron chi connectivity index (χ1n) is 15.5. The topological polar surface area (TPSA) is 98.9 Å². The summed E-state index contributed by atoms with van der Waals surface area (Å²) >= 11 is 0. The van der Waals surface area contributed by atoms with Gasteiger partial charge in [0.25, 0.3) is 0 Å². The average Bonchev–Trinajstić information content (AvgIpc) is 3.77. The molecule has 1 amide bonds. The van der Waals surface area contributed by atoms with Gasteiger partial charge in [0.1, 0.15) is 22.9 Å². The molecule has 8 heteroatoms. The van der Waals surface area contributed by atoms with E-state index < -0.39 is 5.60 Å². The van der Waals surface area contributed by atoms with Crippen molar-refractivity contribution in [3.63, 3.8) is 0 Å². The summed E-state index contributed by atoms with van der Waals surface area (Å²) in [7, 11) is 0. The van der Waals surface area contributed by atoms with Crippen LogP contribution in [0.25, 0.3) is 22.0 Å². The number of likely N-dealkylation sites (tertiary alicyclic amines) is 1. The van der Waals surface area contributed by atoms with Gasteiger partial charge in [-0.1, -0.05) is 51.3 Å². The molecule has 6 rings (SSSR count). The Morgan fingerprint density at radius 2 is 1.77 bits per heavy atom. The largest absolute Gasteiger partial charge is 0.444 e. The first-order valence-corrected chi connectivity index (χ1v) is 15.5. The van der Waals surface area contributed by atoms with E-state index in [0.29, 0.717) is 18.5 Å². The Hall–Kier alpha value is -4.09. The minimum atomic E-state index is -0.528. The smallest absolute Gasteiger partial charge is 0.410 e. The molecule has 2 aromatic heterocycles. The van der Waals surface area contributed by atoms with Crippen molar-refractivity contribution in [1.29, 1.82) is 0 Å². The summed E-state index contributed by atoms with van der Waals surface area (Å²) in [6.45, 7) is 13.9. The lowest BCUT2D eigenvalue weighted by Gasteiger charge is -2.27. The van der Waals surface area contributed by atoms with Gasteiger partial charge in [0.05, 0.1) is 30.2 Å². The van der Waals surface area contributed by atoms with E-state index in [2.05, 4.69) is 88.2 Å². The number of nitrogens with zero attached hydrogens (tertiary/aromatic N) is 3. The summed E-state index contributed by atoms with van der Waals surface area (Å²) < 4.78 is 5.59. The number of aromatic nitrogens is 4. The number of hydrogen-bond donors (Lipinski definition) is 3. The molecule has 2 aromatic carbocycles. The summed E-state index contributed by atoms with van der Waals surface area (Å²) in [6.07, 6.45) is 7.50. The number of ether oxygens (including phenoxy) is 1. The summed E-state index contributed by atoms with van der Waals surface area (Å²) in [5.74, 6) is 8.89. The standard InChI is InChI=1S/C32H36N6O2.C3H8/c1-20-14-26(33-17-20)29-35-19-27(37-29)24-11-10-22-15-21(7-9-23(22)16-24)8-12-25-18-34-30(36-25)28-6-5-13-38(28)31(39)40-32(2,3)4;1-3-2/h7,9-11,15-16,18-20,26,28,33H,5-6,13-14,17H2,1-4H3,(H,34,36)(H,35,37);3H2,1-2H3/t20-,26-,28-;/m0./s1. The maximum absolute atomic E-state index is 12.7. The summed E-state index contributed by atoms with van der Waals surface area (Å²) in [5.41, 5.74) is 3.28. The molecule has 8 nitrogen and oxygen atoms in total. The maximum atomic E-state index is 12.7. The van der Waals surface area contributed by atoms with Crippen molar-refractivity contribution in [3.05, 3.63) is 71.7 Å². The van der Waals surface area contributed by atoms with Crippen molar-refractivity contribution >= 4 is 16.9 Å². The minimum Gasteiger partial charge on any atom is -0.444 e. The van der Waals surface area contributed by atoms with Crippen LogP contribution in [0.15, 0.2) is 48.8 Å². The van der Waals surface area contributed by atoms with Crippen LogP contribution in [-0.2, 0) is 4.74 Å². The molecule has 226 valence electrons. The number of H-pyrrole nitrogens is 2. The Balaban J connectivity index is 0.00000118. The van der Waals surface area contributed by atoms with Gasteiger partial charge in [0.15, 0.2) is 0 Å². The second-order valence-electron chi connectivity index (χ2n) is 12.7. The van der Waals surface area contributed by atoms with Crippen molar-refractivity contribution < 1.29 is 9.53 Å².